The third-order valence-corrected chi connectivity index (χ3v) is 9.62. The number of hydrogen-bond donors (Lipinski definition) is 4. The Morgan fingerprint density at radius 3 is 1.85 bits per heavy atom. The molecule has 0 aromatic carbocycles. The van der Waals surface area contributed by atoms with Crippen molar-refractivity contribution in [1.82, 2.24) is 0 Å². The molecule has 12 nitrogen and oxygen atoms in total. The number of nitrogens with two attached hydrogens (primary N) is 1. The molecule has 0 saturated heterocycles. The molecule has 0 aliphatic carbocycles. The summed E-state index contributed by atoms with van der Waals surface area (Å²) in [6, 6.07) is -1.54. The minimum atomic E-state index is -4.74. The number of unbranched alkanes of at least 4 members (excludes halogenated alkanes) is 15. The summed E-state index contributed by atoms with van der Waals surface area (Å²) in [4.78, 5) is 45.9. The Kier molecular flexibility index (Phi) is 35.3. The summed E-state index contributed by atoms with van der Waals surface area (Å²) in [6.07, 6.45) is 36.2. The minimum absolute atomic E-state index is 0.0894. The number of aliphatic hydroxyl groups is 1. The SMILES string of the molecule is CC/C=C/C/C=C/C=C/C(O)CCCCCCCC(=O)O[C@H](COC(=O)CCCCCCCCC/C=C\CCCCCC)COP(=O)(O)OC[C@H](N)C(=O)O. The quantitative estimate of drug-likeness (QED) is 0.0152. The van der Waals surface area contributed by atoms with Crippen molar-refractivity contribution < 1.29 is 52.6 Å². The van der Waals surface area contributed by atoms with Crippen LogP contribution in [0.3, 0.4) is 0 Å². The summed E-state index contributed by atoms with van der Waals surface area (Å²) in [6.45, 7) is 2.54. The summed E-state index contributed by atoms with van der Waals surface area (Å²) in [5.41, 5.74) is 5.32. The molecule has 13 heteroatoms. The van der Waals surface area contributed by atoms with Gasteiger partial charge in [0.2, 0.25) is 0 Å². The Balaban J connectivity index is 4.49. The number of carbonyl (C=O) groups is 3. The highest BCUT2D eigenvalue weighted by atomic mass is 31.2. The van der Waals surface area contributed by atoms with Gasteiger partial charge in [0, 0.05) is 12.8 Å². The molecule has 0 aromatic rings. The third kappa shape index (κ3) is 36.8. The van der Waals surface area contributed by atoms with Crippen LogP contribution in [-0.2, 0) is 37.5 Å². The Labute approximate surface area is 331 Å². The van der Waals surface area contributed by atoms with E-state index in [-0.39, 0.29) is 19.4 Å². The normalized spacial score (nSPS) is 14.9. The number of hydrogen-bond acceptors (Lipinski definition) is 10. The van der Waals surface area contributed by atoms with Crippen molar-refractivity contribution >= 4 is 25.7 Å². The van der Waals surface area contributed by atoms with Gasteiger partial charge in [-0.05, 0) is 57.8 Å². The van der Waals surface area contributed by atoms with Crippen molar-refractivity contribution in [2.24, 2.45) is 5.73 Å². The zero-order valence-corrected chi connectivity index (χ0v) is 34.8. The molecule has 55 heavy (non-hydrogen) atoms. The van der Waals surface area contributed by atoms with Gasteiger partial charge in [-0.2, -0.15) is 0 Å². The molecule has 0 aliphatic heterocycles. The van der Waals surface area contributed by atoms with Crippen LogP contribution in [-0.4, -0.2) is 71.1 Å². The van der Waals surface area contributed by atoms with Crippen LogP contribution in [0.25, 0.3) is 0 Å². The van der Waals surface area contributed by atoms with Gasteiger partial charge in [0.15, 0.2) is 6.10 Å². The first-order valence-electron chi connectivity index (χ1n) is 20.8. The second-order valence-electron chi connectivity index (χ2n) is 13.9. The van der Waals surface area contributed by atoms with E-state index in [2.05, 4.69) is 42.7 Å². The molecular weight excluding hydrogens is 725 g/mol. The standard InChI is InChI=1S/C42H74NO11P/c1-3-5-7-9-11-12-13-14-15-16-17-18-20-24-28-32-40(45)51-34-38(35-52-55(49,50)53-36-39(43)42(47)48)54-41(46)33-29-25-21-23-27-31-37(44)30-26-22-19-10-8-6-4-2/h6,8,12-13,19,22,26,30,37-39,44H,3-5,7,9-11,14-18,20-21,23-25,27-29,31-36,43H2,1-2H3,(H,47,48)(H,49,50)/b8-6+,13-12-,22-19+,30-26+/t37?,38-,39+/m1/s1. The maximum absolute atomic E-state index is 12.6. The van der Waals surface area contributed by atoms with Crippen molar-refractivity contribution in [2.45, 2.75) is 180 Å². The highest BCUT2D eigenvalue weighted by Gasteiger charge is 2.28. The van der Waals surface area contributed by atoms with Gasteiger partial charge < -0.3 is 30.3 Å². The molecule has 0 fully saturated rings. The van der Waals surface area contributed by atoms with E-state index >= 15 is 0 Å². The van der Waals surface area contributed by atoms with Crippen LogP contribution in [0.4, 0.5) is 0 Å². The smallest absolute Gasteiger partial charge is 0.472 e. The van der Waals surface area contributed by atoms with Gasteiger partial charge in [-0.15, -0.1) is 0 Å². The lowest BCUT2D eigenvalue weighted by atomic mass is 10.1. The Morgan fingerprint density at radius 1 is 0.673 bits per heavy atom. The Bertz CT molecular complexity index is 1140. The number of carbonyl (C=O) groups excluding carboxylic acids is 2. The van der Waals surface area contributed by atoms with E-state index in [1.54, 1.807) is 6.08 Å². The van der Waals surface area contributed by atoms with Gasteiger partial charge in [0.1, 0.15) is 12.6 Å². The predicted octanol–water partition coefficient (Wildman–Crippen LogP) is 9.58. The highest BCUT2D eigenvalue weighted by molar-refractivity contribution is 7.47. The van der Waals surface area contributed by atoms with Gasteiger partial charge in [-0.3, -0.25) is 23.4 Å². The van der Waals surface area contributed by atoms with Crippen LogP contribution in [0.2, 0.25) is 0 Å². The van der Waals surface area contributed by atoms with E-state index in [9.17, 15) is 28.9 Å². The predicted molar refractivity (Wildman–Crippen MR) is 218 cm³/mol. The average molecular weight is 800 g/mol. The first-order valence-corrected chi connectivity index (χ1v) is 22.3. The lowest BCUT2D eigenvalue weighted by molar-refractivity contribution is -0.161. The number of carboxylic acid groups (broad SMARTS) is 1. The van der Waals surface area contributed by atoms with Crippen LogP contribution in [0.1, 0.15) is 162 Å². The molecular formula is C42H74NO11P. The van der Waals surface area contributed by atoms with Crippen molar-refractivity contribution in [3.8, 4) is 0 Å². The molecule has 4 atom stereocenters. The fourth-order valence-electron chi connectivity index (χ4n) is 5.36. The number of aliphatic carboxylic acids is 1. The number of phosphoric acid groups is 1. The van der Waals surface area contributed by atoms with E-state index in [1.165, 1.54) is 51.4 Å². The van der Waals surface area contributed by atoms with Crippen molar-refractivity contribution in [3.05, 3.63) is 48.6 Å². The maximum Gasteiger partial charge on any atom is 0.472 e. The average Bonchev–Trinajstić information content (AvgIpc) is 3.15. The monoisotopic (exact) mass is 799 g/mol. The summed E-state index contributed by atoms with van der Waals surface area (Å²) in [5.74, 6) is -2.48. The molecule has 2 unspecified atom stereocenters. The fourth-order valence-corrected chi connectivity index (χ4v) is 6.14. The summed E-state index contributed by atoms with van der Waals surface area (Å²) >= 11 is 0. The van der Waals surface area contributed by atoms with Crippen molar-refractivity contribution in [2.75, 3.05) is 19.8 Å². The number of aliphatic hydroxyl groups excluding tert-OH is 1. The molecule has 0 aliphatic rings. The lowest BCUT2D eigenvalue weighted by Crippen LogP contribution is -2.34. The molecule has 5 N–H and O–H groups in total. The number of allylic oxidation sites excluding steroid dienone is 7. The molecule has 0 amide bonds. The van der Waals surface area contributed by atoms with Gasteiger partial charge in [-0.1, -0.05) is 140 Å². The Hall–Kier alpha value is -2.60. The molecule has 318 valence electrons. The van der Waals surface area contributed by atoms with Gasteiger partial charge in [0.05, 0.1) is 19.3 Å². The molecule has 0 saturated carbocycles. The molecule has 0 aromatic heterocycles. The van der Waals surface area contributed by atoms with Gasteiger partial charge >= 0.3 is 25.7 Å². The van der Waals surface area contributed by atoms with Crippen LogP contribution in [0.5, 0.6) is 0 Å². The summed E-state index contributed by atoms with van der Waals surface area (Å²) < 4.78 is 32.6. The van der Waals surface area contributed by atoms with Crippen molar-refractivity contribution in [3.63, 3.8) is 0 Å². The lowest BCUT2D eigenvalue weighted by Gasteiger charge is -2.20. The molecule has 0 spiro atoms. The third-order valence-electron chi connectivity index (χ3n) is 8.66. The van der Waals surface area contributed by atoms with Gasteiger partial charge in [0.25, 0.3) is 0 Å². The molecule has 0 bridgehead atoms. The zero-order chi connectivity index (χ0) is 40.8. The number of phosphoric ester groups is 1. The highest BCUT2D eigenvalue weighted by Crippen LogP contribution is 2.43. The minimum Gasteiger partial charge on any atom is -0.480 e. The largest absolute Gasteiger partial charge is 0.480 e. The van der Waals surface area contributed by atoms with E-state index in [4.69, 9.17) is 24.8 Å². The first-order chi connectivity index (χ1) is 26.5. The second kappa shape index (κ2) is 37.0. The van der Waals surface area contributed by atoms with Crippen LogP contribution in [0, 0.1) is 0 Å². The van der Waals surface area contributed by atoms with E-state index in [0.29, 0.717) is 19.3 Å². The van der Waals surface area contributed by atoms with Crippen LogP contribution in [0.15, 0.2) is 48.6 Å². The molecule has 0 radical (unpaired) electrons. The fraction of sp³-hybridized carbons (Fsp3) is 0.738. The zero-order valence-electron chi connectivity index (χ0n) is 33.9. The van der Waals surface area contributed by atoms with Crippen molar-refractivity contribution in [1.29, 1.82) is 0 Å². The van der Waals surface area contributed by atoms with E-state index < -0.39 is 57.2 Å². The number of carboxylic acids is 1. The summed E-state index contributed by atoms with van der Waals surface area (Å²) in [5, 5.41) is 19.0. The second-order valence-corrected chi connectivity index (χ2v) is 15.4. The molecule has 0 heterocycles. The van der Waals surface area contributed by atoms with E-state index in [1.807, 2.05) is 18.2 Å². The Morgan fingerprint density at radius 2 is 1.24 bits per heavy atom. The van der Waals surface area contributed by atoms with E-state index in [0.717, 1.165) is 64.2 Å². The van der Waals surface area contributed by atoms with Crippen LogP contribution < -0.4 is 5.73 Å². The molecule has 0 rings (SSSR count). The number of rotatable bonds is 38. The maximum atomic E-state index is 12.6. The summed E-state index contributed by atoms with van der Waals surface area (Å²) in [7, 11) is -4.74. The number of esters is 2. The van der Waals surface area contributed by atoms with Gasteiger partial charge in [-0.25, -0.2) is 4.57 Å². The number of ether oxygens (including phenoxy) is 2. The first kappa shape index (κ1) is 52.4. The van der Waals surface area contributed by atoms with Crippen LogP contribution >= 0.6 is 7.82 Å². The topological polar surface area (TPSA) is 192 Å².